The Balaban J connectivity index is 1.73. The fourth-order valence-electron chi connectivity index (χ4n) is 2.25. The predicted octanol–water partition coefficient (Wildman–Crippen LogP) is 2.02. The number of allylic oxidation sites excluding steroid dienone is 2. The van der Waals surface area contributed by atoms with Crippen LogP contribution in [0, 0.1) is 11.3 Å². The minimum absolute atomic E-state index is 0.480. The lowest BCUT2D eigenvalue weighted by atomic mass is 10.1. The monoisotopic (exact) mass is 316 g/mol. The maximum atomic E-state index is 9.45. The molecule has 0 spiro atoms. The highest BCUT2D eigenvalue weighted by atomic mass is 15.2. The van der Waals surface area contributed by atoms with Crippen LogP contribution in [0.5, 0.6) is 0 Å². The van der Waals surface area contributed by atoms with Crippen LogP contribution in [0.2, 0.25) is 0 Å². The van der Waals surface area contributed by atoms with E-state index in [1.807, 2.05) is 36.5 Å². The first-order valence-corrected chi connectivity index (χ1v) is 7.56. The Labute approximate surface area is 140 Å². The van der Waals surface area contributed by atoms with Gasteiger partial charge in [-0.3, -0.25) is 15.0 Å². The molecular weight excluding hydrogens is 300 g/mol. The van der Waals surface area contributed by atoms with Gasteiger partial charge in [0.05, 0.1) is 11.4 Å². The number of aromatic nitrogens is 2. The zero-order valence-electron chi connectivity index (χ0n) is 13.0. The molecule has 1 aliphatic heterocycles. The third-order valence-electron chi connectivity index (χ3n) is 3.42. The molecule has 0 fully saturated rings. The SMILES string of the molecule is N#CC(=C1C=CNC(=NCCc2cccnc2)N1)c1ccccn1. The Morgan fingerprint density at radius 1 is 1.21 bits per heavy atom. The first kappa shape index (κ1) is 15.4. The standard InChI is InChI=1S/C18H16N6/c19-12-15(16-5-1-2-9-21-16)17-7-11-23-18(24-17)22-10-6-14-4-3-8-20-13-14/h1-5,7-9,11,13H,6,10H2,(H2,22,23,24). The molecule has 0 atom stereocenters. The van der Waals surface area contributed by atoms with E-state index in [-0.39, 0.29) is 0 Å². The van der Waals surface area contributed by atoms with E-state index < -0.39 is 0 Å². The van der Waals surface area contributed by atoms with Crippen LogP contribution in [0.4, 0.5) is 0 Å². The van der Waals surface area contributed by atoms with E-state index in [1.165, 1.54) is 0 Å². The summed E-state index contributed by atoms with van der Waals surface area (Å²) in [5, 5.41) is 15.6. The normalized spacial score (nSPS) is 16.9. The van der Waals surface area contributed by atoms with Crippen molar-refractivity contribution in [1.82, 2.24) is 20.6 Å². The first-order chi connectivity index (χ1) is 11.9. The van der Waals surface area contributed by atoms with Crippen LogP contribution in [0.25, 0.3) is 5.57 Å². The third kappa shape index (κ3) is 3.84. The average molecular weight is 316 g/mol. The summed E-state index contributed by atoms with van der Waals surface area (Å²) >= 11 is 0. The number of guanidine groups is 1. The molecule has 0 bridgehead atoms. The topological polar surface area (TPSA) is 86.0 Å². The fourth-order valence-corrected chi connectivity index (χ4v) is 2.25. The van der Waals surface area contributed by atoms with Crippen molar-refractivity contribution in [2.24, 2.45) is 4.99 Å². The molecular formula is C18H16N6. The van der Waals surface area contributed by atoms with Crippen molar-refractivity contribution in [2.45, 2.75) is 6.42 Å². The number of hydrogen-bond acceptors (Lipinski definition) is 4. The van der Waals surface area contributed by atoms with Crippen molar-refractivity contribution in [3.63, 3.8) is 0 Å². The number of nitrogens with one attached hydrogen (secondary N) is 2. The summed E-state index contributed by atoms with van der Waals surface area (Å²) in [6.07, 6.45) is 9.61. The number of aliphatic imine (C=N–C) groups is 1. The second kappa shape index (κ2) is 7.70. The van der Waals surface area contributed by atoms with Gasteiger partial charge in [0, 0.05) is 31.3 Å². The lowest BCUT2D eigenvalue weighted by molar-refractivity contribution is 0.917. The summed E-state index contributed by atoms with van der Waals surface area (Å²) in [5.41, 5.74) is 2.92. The van der Waals surface area contributed by atoms with Gasteiger partial charge >= 0.3 is 0 Å². The van der Waals surface area contributed by atoms with Gasteiger partial charge in [0.1, 0.15) is 11.6 Å². The quantitative estimate of drug-likeness (QED) is 0.843. The number of nitriles is 1. The van der Waals surface area contributed by atoms with Crippen molar-refractivity contribution in [2.75, 3.05) is 6.54 Å². The summed E-state index contributed by atoms with van der Waals surface area (Å²) < 4.78 is 0. The molecule has 0 amide bonds. The lowest BCUT2D eigenvalue weighted by Crippen LogP contribution is -2.37. The van der Waals surface area contributed by atoms with Crippen LogP contribution in [-0.4, -0.2) is 22.5 Å². The van der Waals surface area contributed by atoms with Gasteiger partial charge in [-0.25, -0.2) is 0 Å². The number of hydrogen-bond donors (Lipinski definition) is 2. The third-order valence-corrected chi connectivity index (χ3v) is 3.42. The summed E-state index contributed by atoms with van der Waals surface area (Å²) in [7, 11) is 0. The predicted molar refractivity (Wildman–Crippen MR) is 92.4 cm³/mol. The number of rotatable bonds is 4. The highest BCUT2D eigenvalue weighted by Crippen LogP contribution is 2.16. The van der Waals surface area contributed by atoms with Crippen LogP contribution < -0.4 is 10.6 Å². The van der Waals surface area contributed by atoms with Crippen LogP contribution in [0.3, 0.4) is 0 Å². The molecule has 0 radical (unpaired) electrons. The van der Waals surface area contributed by atoms with Crippen LogP contribution in [0.1, 0.15) is 11.3 Å². The largest absolute Gasteiger partial charge is 0.333 e. The molecule has 3 heterocycles. The van der Waals surface area contributed by atoms with Crippen molar-refractivity contribution in [1.29, 1.82) is 5.26 Å². The van der Waals surface area contributed by atoms with Crippen molar-refractivity contribution in [3.8, 4) is 6.07 Å². The van der Waals surface area contributed by atoms with E-state index in [1.54, 1.807) is 24.7 Å². The summed E-state index contributed by atoms with van der Waals surface area (Å²) in [5.74, 6) is 0.611. The Morgan fingerprint density at radius 2 is 2.17 bits per heavy atom. The van der Waals surface area contributed by atoms with E-state index in [2.05, 4.69) is 31.7 Å². The van der Waals surface area contributed by atoms with Crippen molar-refractivity contribution < 1.29 is 0 Å². The Kier molecular flexibility index (Phi) is 4.95. The van der Waals surface area contributed by atoms with Crippen molar-refractivity contribution in [3.05, 3.63) is 78.2 Å². The molecule has 2 N–H and O–H groups in total. The van der Waals surface area contributed by atoms with Gasteiger partial charge in [-0.2, -0.15) is 5.26 Å². The van der Waals surface area contributed by atoms with E-state index in [4.69, 9.17) is 0 Å². The van der Waals surface area contributed by atoms with Crippen LogP contribution in [0.15, 0.2) is 71.9 Å². The van der Waals surface area contributed by atoms with Gasteiger partial charge in [0.2, 0.25) is 0 Å². The van der Waals surface area contributed by atoms with E-state index in [0.717, 1.165) is 12.0 Å². The fraction of sp³-hybridized carbons (Fsp3) is 0.111. The van der Waals surface area contributed by atoms with E-state index in [0.29, 0.717) is 29.5 Å². The molecule has 0 aliphatic carbocycles. The first-order valence-electron chi connectivity index (χ1n) is 7.56. The molecule has 118 valence electrons. The van der Waals surface area contributed by atoms with Gasteiger partial charge in [-0.15, -0.1) is 0 Å². The second-order valence-electron chi connectivity index (χ2n) is 5.06. The van der Waals surface area contributed by atoms with Gasteiger partial charge in [-0.1, -0.05) is 12.1 Å². The molecule has 24 heavy (non-hydrogen) atoms. The van der Waals surface area contributed by atoms with Gasteiger partial charge in [-0.05, 0) is 36.3 Å². The van der Waals surface area contributed by atoms with Gasteiger partial charge in [0.25, 0.3) is 0 Å². The second-order valence-corrected chi connectivity index (χ2v) is 5.06. The smallest absolute Gasteiger partial charge is 0.199 e. The average Bonchev–Trinajstić information content (AvgIpc) is 2.65. The summed E-state index contributed by atoms with van der Waals surface area (Å²) in [6.45, 7) is 0.619. The zero-order chi connectivity index (χ0) is 16.6. The lowest BCUT2D eigenvalue weighted by Gasteiger charge is -2.17. The summed E-state index contributed by atoms with van der Waals surface area (Å²) in [4.78, 5) is 12.8. The Morgan fingerprint density at radius 3 is 2.92 bits per heavy atom. The molecule has 1 aliphatic rings. The number of nitrogens with zero attached hydrogens (tertiary/aromatic N) is 4. The Hall–Kier alpha value is -3.46. The number of pyridine rings is 2. The van der Waals surface area contributed by atoms with Crippen molar-refractivity contribution >= 4 is 11.5 Å². The maximum absolute atomic E-state index is 9.45. The highest BCUT2D eigenvalue weighted by molar-refractivity contribution is 5.89. The van der Waals surface area contributed by atoms with Crippen LogP contribution in [-0.2, 0) is 6.42 Å². The van der Waals surface area contributed by atoms with Gasteiger partial charge in [0.15, 0.2) is 5.96 Å². The molecule has 3 rings (SSSR count). The van der Waals surface area contributed by atoms with Crippen LogP contribution >= 0.6 is 0 Å². The molecule has 2 aromatic rings. The minimum atomic E-state index is 0.480. The Bertz CT molecular complexity index is 816. The molecule has 0 saturated heterocycles. The highest BCUT2D eigenvalue weighted by Gasteiger charge is 2.12. The zero-order valence-corrected chi connectivity index (χ0v) is 13.0. The maximum Gasteiger partial charge on any atom is 0.199 e. The van der Waals surface area contributed by atoms with E-state index >= 15 is 0 Å². The molecule has 0 saturated carbocycles. The summed E-state index contributed by atoms with van der Waals surface area (Å²) in [6, 6.07) is 11.6. The molecule has 6 heteroatoms. The van der Waals surface area contributed by atoms with Gasteiger partial charge < -0.3 is 10.6 Å². The van der Waals surface area contributed by atoms with E-state index in [9.17, 15) is 5.26 Å². The molecule has 0 unspecified atom stereocenters. The molecule has 6 nitrogen and oxygen atoms in total. The minimum Gasteiger partial charge on any atom is -0.333 e. The molecule has 0 aromatic carbocycles. The molecule has 2 aromatic heterocycles.